The number of carbonyl (C=O) groups is 1. The van der Waals surface area contributed by atoms with E-state index in [2.05, 4.69) is 10.2 Å². The molecule has 2 aromatic carbocycles. The molecule has 0 fully saturated rings. The van der Waals surface area contributed by atoms with Gasteiger partial charge in [0.2, 0.25) is 5.91 Å². The van der Waals surface area contributed by atoms with Gasteiger partial charge in [-0.25, -0.2) is 0 Å². The van der Waals surface area contributed by atoms with Crippen molar-refractivity contribution >= 4 is 23.4 Å². The van der Waals surface area contributed by atoms with Gasteiger partial charge in [0.15, 0.2) is 6.61 Å². The van der Waals surface area contributed by atoms with Crippen molar-refractivity contribution in [2.24, 2.45) is 0 Å². The van der Waals surface area contributed by atoms with Crippen molar-refractivity contribution in [3.8, 4) is 11.8 Å². The molecule has 0 saturated heterocycles. The molecule has 0 atom stereocenters. The monoisotopic (exact) mass is 394 g/mol. The molecule has 8 heteroatoms. The summed E-state index contributed by atoms with van der Waals surface area (Å²) in [5.41, 5.74) is 1.77. The van der Waals surface area contributed by atoms with Gasteiger partial charge in [0, 0.05) is 5.69 Å². The summed E-state index contributed by atoms with van der Waals surface area (Å²) >= 11 is 1.13. The molecule has 0 radical (unpaired) electrons. The van der Waals surface area contributed by atoms with E-state index in [1.54, 1.807) is 12.1 Å². The quantitative estimate of drug-likeness (QED) is 0.426. The predicted octanol–water partition coefficient (Wildman–Crippen LogP) is 3.61. The minimum atomic E-state index is -0.214. The molecule has 0 aliphatic carbocycles. The van der Waals surface area contributed by atoms with Crippen LogP contribution in [0, 0.1) is 18.3 Å². The van der Waals surface area contributed by atoms with Crippen LogP contribution in [0.4, 0.5) is 5.69 Å². The molecule has 0 N–H and O–H groups in total. The zero-order chi connectivity index (χ0) is 19.8. The number of anilines is 1. The van der Waals surface area contributed by atoms with Crippen molar-refractivity contribution in [1.82, 2.24) is 10.2 Å². The van der Waals surface area contributed by atoms with E-state index in [9.17, 15) is 4.79 Å². The Kier molecular flexibility index (Phi) is 6.65. The van der Waals surface area contributed by atoms with E-state index < -0.39 is 0 Å². The molecule has 0 aliphatic rings. The molecule has 0 bridgehead atoms. The fourth-order valence-corrected chi connectivity index (χ4v) is 3.07. The van der Waals surface area contributed by atoms with E-state index in [0.29, 0.717) is 11.6 Å². The number of hydrogen-bond acceptors (Lipinski definition) is 7. The van der Waals surface area contributed by atoms with Crippen molar-refractivity contribution in [3.05, 3.63) is 66.1 Å². The summed E-state index contributed by atoms with van der Waals surface area (Å²) < 4.78 is 11.1. The molecule has 0 spiro atoms. The summed E-state index contributed by atoms with van der Waals surface area (Å²) in [5.74, 6) is 0.913. The van der Waals surface area contributed by atoms with Crippen molar-refractivity contribution in [3.63, 3.8) is 0 Å². The summed E-state index contributed by atoms with van der Waals surface area (Å²) in [6.45, 7) is 2.11. The van der Waals surface area contributed by atoms with Crippen LogP contribution >= 0.6 is 11.8 Å². The number of aromatic nitrogens is 2. The Morgan fingerprint density at radius 1 is 1.21 bits per heavy atom. The third-order valence-electron chi connectivity index (χ3n) is 3.72. The molecule has 0 unspecified atom stereocenters. The van der Waals surface area contributed by atoms with Crippen LogP contribution in [-0.2, 0) is 11.4 Å². The van der Waals surface area contributed by atoms with E-state index in [0.717, 1.165) is 23.1 Å². The van der Waals surface area contributed by atoms with Crippen molar-refractivity contribution in [1.29, 1.82) is 5.26 Å². The Labute approximate surface area is 166 Å². The number of amides is 1. The number of rotatable bonds is 8. The fraction of sp³-hybridized carbons (Fsp3) is 0.200. The lowest BCUT2D eigenvalue weighted by atomic mass is 10.2. The van der Waals surface area contributed by atoms with Crippen LogP contribution in [0.3, 0.4) is 0 Å². The number of nitriles is 1. The zero-order valence-electron chi connectivity index (χ0n) is 15.2. The lowest BCUT2D eigenvalue weighted by molar-refractivity contribution is -0.116. The molecule has 3 rings (SSSR count). The normalized spacial score (nSPS) is 10.3. The van der Waals surface area contributed by atoms with Gasteiger partial charge in [0.05, 0.1) is 11.8 Å². The maximum atomic E-state index is 12.5. The Hall–Kier alpha value is -3.31. The summed E-state index contributed by atoms with van der Waals surface area (Å²) in [6, 6.07) is 18.7. The smallest absolute Gasteiger partial charge is 0.277 e. The summed E-state index contributed by atoms with van der Waals surface area (Å²) in [7, 11) is 0. The van der Waals surface area contributed by atoms with Gasteiger partial charge in [-0.15, -0.1) is 10.2 Å². The van der Waals surface area contributed by atoms with Gasteiger partial charge in [0.1, 0.15) is 12.3 Å². The van der Waals surface area contributed by atoms with Crippen LogP contribution < -0.4 is 9.64 Å². The number of para-hydroxylation sites is 1. The summed E-state index contributed by atoms with van der Waals surface area (Å²) in [6.07, 6.45) is 0. The van der Waals surface area contributed by atoms with E-state index in [-0.39, 0.29) is 30.0 Å². The average Bonchev–Trinajstić information content (AvgIpc) is 3.17. The Morgan fingerprint density at radius 2 is 2.04 bits per heavy atom. The van der Waals surface area contributed by atoms with Crippen LogP contribution in [0.2, 0.25) is 0 Å². The molecule has 0 saturated carbocycles. The molecule has 1 aromatic heterocycles. The molecular weight excluding hydrogens is 376 g/mol. The highest BCUT2D eigenvalue weighted by Crippen LogP contribution is 2.20. The highest BCUT2D eigenvalue weighted by Gasteiger charge is 2.17. The van der Waals surface area contributed by atoms with E-state index in [1.807, 2.05) is 55.5 Å². The third-order valence-corrected chi connectivity index (χ3v) is 4.52. The van der Waals surface area contributed by atoms with E-state index >= 15 is 0 Å². The van der Waals surface area contributed by atoms with Crippen molar-refractivity contribution in [2.45, 2.75) is 18.8 Å². The molecule has 142 valence electrons. The largest absolute Gasteiger partial charge is 0.484 e. The lowest BCUT2D eigenvalue weighted by Gasteiger charge is -2.18. The van der Waals surface area contributed by atoms with Gasteiger partial charge >= 0.3 is 0 Å². The second-order valence-corrected chi connectivity index (χ2v) is 6.76. The number of hydrogen-bond donors (Lipinski definition) is 0. The molecule has 1 amide bonds. The Morgan fingerprint density at radius 3 is 2.79 bits per heavy atom. The fourth-order valence-electron chi connectivity index (χ4n) is 2.41. The molecule has 7 nitrogen and oxygen atoms in total. The topological polar surface area (TPSA) is 92.3 Å². The van der Waals surface area contributed by atoms with Crippen molar-refractivity contribution in [2.75, 3.05) is 17.2 Å². The first kappa shape index (κ1) is 19.5. The summed E-state index contributed by atoms with van der Waals surface area (Å²) in [5, 5.41) is 17.1. The van der Waals surface area contributed by atoms with Gasteiger partial charge in [-0.05, 0) is 36.8 Å². The first-order chi connectivity index (χ1) is 13.7. The number of thioether (sulfide) groups is 1. The van der Waals surface area contributed by atoms with Gasteiger partial charge in [0.25, 0.3) is 11.1 Å². The number of aryl methyl sites for hydroxylation is 1. The minimum Gasteiger partial charge on any atom is -0.484 e. The van der Waals surface area contributed by atoms with Crippen LogP contribution in [0.25, 0.3) is 0 Å². The maximum Gasteiger partial charge on any atom is 0.277 e. The third kappa shape index (κ3) is 5.34. The summed E-state index contributed by atoms with van der Waals surface area (Å²) in [4.78, 5) is 13.9. The van der Waals surface area contributed by atoms with Crippen molar-refractivity contribution < 1.29 is 13.9 Å². The van der Waals surface area contributed by atoms with Crippen LogP contribution in [0.5, 0.6) is 5.75 Å². The van der Waals surface area contributed by atoms with E-state index in [4.69, 9.17) is 14.4 Å². The zero-order valence-corrected chi connectivity index (χ0v) is 16.1. The lowest BCUT2D eigenvalue weighted by Crippen LogP contribution is -2.32. The molecule has 0 aliphatic heterocycles. The van der Waals surface area contributed by atoms with Gasteiger partial charge in [-0.1, -0.05) is 42.1 Å². The SMILES string of the molecule is Cc1cccc(OCc2nnc(SCC(=O)N(CC#N)c3ccccc3)o2)c1. The van der Waals surface area contributed by atoms with Crippen LogP contribution in [-0.4, -0.2) is 28.4 Å². The van der Waals surface area contributed by atoms with Crippen LogP contribution in [0.1, 0.15) is 11.5 Å². The average molecular weight is 394 g/mol. The predicted molar refractivity (Wildman–Crippen MR) is 105 cm³/mol. The molecule has 3 aromatic rings. The number of ether oxygens (including phenoxy) is 1. The van der Waals surface area contributed by atoms with Gasteiger partial charge < -0.3 is 9.15 Å². The first-order valence-electron chi connectivity index (χ1n) is 8.52. The Balaban J connectivity index is 1.54. The number of benzene rings is 2. The van der Waals surface area contributed by atoms with Gasteiger partial charge in [-0.2, -0.15) is 5.26 Å². The van der Waals surface area contributed by atoms with Gasteiger partial charge in [-0.3, -0.25) is 9.69 Å². The first-order valence-corrected chi connectivity index (χ1v) is 9.51. The number of carbonyl (C=O) groups excluding carboxylic acids is 1. The maximum absolute atomic E-state index is 12.5. The standard InChI is InChI=1S/C20H18N4O3S/c1-15-6-5-9-17(12-15)26-13-18-22-23-20(27-18)28-14-19(25)24(11-10-21)16-7-3-2-4-8-16/h2-9,12H,11,13-14H2,1H3. The van der Waals surface area contributed by atoms with E-state index in [1.165, 1.54) is 4.90 Å². The minimum absolute atomic E-state index is 0.0250. The molecule has 28 heavy (non-hydrogen) atoms. The Bertz CT molecular complexity index is 969. The van der Waals surface area contributed by atoms with Crippen LogP contribution in [0.15, 0.2) is 64.2 Å². The highest BCUT2D eigenvalue weighted by molar-refractivity contribution is 7.99. The number of nitrogens with zero attached hydrogens (tertiary/aromatic N) is 4. The second kappa shape index (κ2) is 9.58. The highest BCUT2D eigenvalue weighted by atomic mass is 32.2. The second-order valence-electron chi connectivity index (χ2n) is 5.83. The molecular formula is C20H18N4O3S. The molecule has 1 heterocycles.